The van der Waals surface area contributed by atoms with E-state index < -0.39 is 33.9 Å². The lowest BCUT2D eigenvalue weighted by Crippen LogP contribution is -2.50. The number of rotatable bonds is 8. The molecular formula is C21H26O9S. The molecule has 2 saturated carbocycles. The fraction of sp³-hybridized carbons (Fsp3) is 0.619. The maximum absolute atomic E-state index is 12.5. The molecule has 1 saturated heterocycles. The van der Waals surface area contributed by atoms with Crippen LogP contribution in [0.3, 0.4) is 0 Å². The number of hydrogen-bond acceptors (Lipinski definition) is 8. The first-order chi connectivity index (χ1) is 14.6. The van der Waals surface area contributed by atoms with Gasteiger partial charge in [0, 0.05) is 11.8 Å². The highest BCUT2D eigenvalue weighted by molar-refractivity contribution is 7.85. The normalized spacial score (nSPS) is 31.7. The number of aliphatic hydroxyl groups is 1. The second kappa shape index (κ2) is 7.84. The highest BCUT2D eigenvalue weighted by atomic mass is 32.2. The Morgan fingerprint density at radius 3 is 2.42 bits per heavy atom. The molecule has 0 radical (unpaired) electrons. The topological polar surface area (TPSA) is 136 Å². The van der Waals surface area contributed by atoms with Crippen LogP contribution in [-0.4, -0.2) is 54.4 Å². The molecule has 1 aliphatic heterocycles. The van der Waals surface area contributed by atoms with Crippen LogP contribution in [0.15, 0.2) is 29.2 Å². The van der Waals surface area contributed by atoms with E-state index >= 15 is 0 Å². The predicted molar refractivity (Wildman–Crippen MR) is 106 cm³/mol. The molecule has 9 nitrogen and oxygen atoms in total. The van der Waals surface area contributed by atoms with Gasteiger partial charge in [0.05, 0.1) is 22.5 Å². The Bertz CT molecular complexity index is 967. The number of hydrogen-bond donors (Lipinski definition) is 2. The molecule has 31 heavy (non-hydrogen) atoms. The van der Waals surface area contributed by atoms with Crippen molar-refractivity contribution in [3.63, 3.8) is 0 Å². The molecule has 0 aromatic heterocycles. The van der Waals surface area contributed by atoms with Gasteiger partial charge in [-0.2, -0.15) is 8.42 Å². The molecule has 6 atom stereocenters. The molecule has 0 amide bonds. The summed E-state index contributed by atoms with van der Waals surface area (Å²) in [5, 5.41) is 11.1. The summed E-state index contributed by atoms with van der Waals surface area (Å²) < 4.78 is 47.7. The molecule has 1 aromatic rings. The van der Waals surface area contributed by atoms with Crippen LogP contribution in [-0.2, 0) is 29.2 Å². The van der Waals surface area contributed by atoms with Gasteiger partial charge in [-0.25, -0.2) is 4.79 Å². The van der Waals surface area contributed by atoms with E-state index in [2.05, 4.69) is 0 Å². The quantitative estimate of drug-likeness (QED) is 0.341. The summed E-state index contributed by atoms with van der Waals surface area (Å²) in [6.45, 7) is 3.41. The molecule has 2 N–H and O–H groups in total. The van der Waals surface area contributed by atoms with E-state index in [4.69, 9.17) is 18.8 Å². The fourth-order valence-electron chi connectivity index (χ4n) is 5.67. The van der Waals surface area contributed by atoms with Crippen LogP contribution < -0.4 is 4.74 Å². The van der Waals surface area contributed by atoms with Crippen LogP contribution in [0.2, 0.25) is 0 Å². The Kier molecular flexibility index (Phi) is 5.61. The molecule has 3 fully saturated rings. The maximum atomic E-state index is 12.5. The molecule has 0 spiro atoms. The first kappa shape index (κ1) is 22.2. The molecule has 4 rings (SSSR count). The van der Waals surface area contributed by atoms with E-state index in [1.54, 1.807) is 0 Å². The Hall–Kier alpha value is -2.01. The zero-order chi connectivity index (χ0) is 22.6. The molecule has 170 valence electrons. The van der Waals surface area contributed by atoms with Gasteiger partial charge in [-0.15, -0.1) is 0 Å². The Morgan fingerprint density at radius 1 is 1.19 bits per heavy atom. The predicted octanol–water partition coefficient (Wildman–Crippen LogP) is 1.58. The molecule has 1 aromatic carbocycles. The van der Waals surface area contributed by atoms with E-state index in [0.717, 1.165) is 12.1 Å². The van der Waals surface area contributed by atoms with E-state index in [1.807, 2.05) is 13.8 Å². The Labute approximate surface area is 180 Å². The lowest BCUT2D eigenvalue weighted by Gasteiger charge is -2.41. The van der Waals surface area contributed by atoms with E-state index in [0.29, 0.717) is 19.3 Å². The molecule has 6 unspecified atom stereocenters. The average Bonchev–Trinajstić information content (AvgIpc) is 3.34. The SMILES string of the molecule is CCC(O)(CC)C1C2CC3C(OC(=O)C31)C2OCC(=O)Oc1ccc(S(=O)(=O)O)cc1. The number of carbonyl (C=O) groups excluding carboxylic acids is 2. The molecule has 10 heteroatoms. The van der Waals surface area contributed by atoms with Gasteiger partial charge >= 0.3 is 11.9 Å². The zero-order valence-corrected chi connectivity index (χ0v) is 18.1. The Morgan fingerprint density at radius 2 is 1.84 bits per heavy atom. The lowest BCUT2D eigenvalue weighted by atomic mass is 9.67. The minimum atomic E-state index is -4.33. The van der Waals surface area contributed by atoms with Crippen LogP contribution in [0.1, 0.15) is 33.1 Å². The highest BCUT2D eigenvalue weighted by Gasteiger charge is 2.70. The summed E-state index contributed by atoms with van der Waals surface area (Å²) >= 11 is 0. The molecular weight excluding hydrogens is 428 g/mol. The van der Waals surface area contributed by atoms with Crippen molar-refractivity contribution in [3.8, 4) is 5.75 Å². The lowest BCUT2D eigenvalue weighted by molar-refractivity contribution is -0.152. The molecule has 3 aliphatic rings. The summed E-state index contributed by atoms with van der Waals surface area (Å²) in [5.41, 5.74) is -0.991. The van der Waals surface area contributed by atoms with Gasteiger partial charge in [0.2, 0.25) is 0 Å². The monoisotopic (exact) mass is 454 g/mol. The molecule has 2 bridgehead atoms. The van der Waals surface area contributed by atoms with Crippen molar-refractivity contribution in [3.05, 3.63) is 24.3 Å². The summed E-state index contributed by atoms with van der Waals surface area (Å²) in [4.78, 5) is 24.4. The summed E-state index contributed by atoms with van der Waals surface area (Å²) in [6, 6.07) is 4.74. The van der Waals surface area contributed by atoms with Gasteiger partial charge in [0.25, 0.3) is 10.1 Å². The second-order valence-corrected chi connectivity index (χ2v) is 9.94. The highest BCUT2D eigenvalue weighted by Crippen LogP contribution is 2.62. The minimum Gasteiger partial charge on any atom is -0.459 e. The van der Waals surface area contributed by atoms with Crippen molar-refractivity contribution >= 4 is 22.1 Å². The van der Waals surface area contributed by atoms with Crippen LogP contribution in [0.25, 0.3) is 0 Å². The van der Waals surface area contributed by atoms with E-state index in [-0.39, 0.29) is 46.9 Å². The number of esters is 2. The van der Waals surface area contributed by atoms with Crippen LogP contribution in [0.4, 0.5) is 0 Å². The largest absolute Gasteiger partial charge is 0.459 e. The minimum absolute atomic E-state index is 0.0129. The Balaban J connectivity index is 1.42. The van der Waals surface area contributed by atoms with Crippen molar-refractivity contribution in [2.24, 2.45) is 23.7 Å². The van der Waals surface area contributed by atoms with Crippen LogP contribution >= 0.6 is 0 Å². The maximum Gasteiger partial charge on any atom is 0.337 e. The zero-order valence-electron chi connectivity index (χ0n) is 17.3. The summed E-state index contributed by atoms with van der Waals surface area (Å²) in [6.07, 6.45) is 0.834. The van der Waals surface area contributed by atoms with Crippen molar-refractivity contribution in [1.82, 2.24) is 0 Å². The van der Waals surface area contributed by atoms with Gasteiger partial charge in [-0.3, -0.25) is 9.35 Å². The average molecular weight is 454 g/mol. The van der Waals surface area contributed by atoms with Crippen molar-refractivity contribution in [2.75, 3.05) is 6.61 Å². The third-order valence-electron chi connectivity index (χ3n) is 7.14. The summed E-state index contributed by atoms with van der Waals surface area (Å²) in [5.74, 6) is -1.58. The number of carbonyl (C=O) groups is 2. The third kappa shape index (κ3) is 3.75. The van der Waals surface area contributed by atoms with Gasteiger partial charge < -0.3 is 19.3 Å². The standard InChI is InChI=1S/C21H26O9S/c1-3-21(24,4-2)17-14-9-13-16(17)20(23)30-19(13)18(14)28-10-15(22)29-11-5-7-12(8-6-11)31(25,26)27/h5-8,13-14,16-19,24H,3-4,9-10H2,1-2H3,(H,25,26,27). The van der Waals surface area contributed by atoms with Crippen molar-refractivity contribution < 1.29 is 41.9 Å². The van der Waals surface area contributed by atoms with Gasteiger partial charge in [-0.1, -0.05) is 13.8 Å². The van der Waals surface area contributed by atoms with E-state index in [1.165, 1.54) is 12.1 Å². The van der Waals surface area contributed by atoms with Gasteiger partial charge in [0.15, 0.2) is 0 Å². The first-order valence-corrected chi connectivity index (χ1v) is 11.9. The van der Waals surface area contributed by atoms with Crippen LogP contribution in [0, 0.1) is 23.7 Å². The van der Waals surface area contributed by atoms with E-state index in [9.17, 15) is 23.1 Å². The smallest absolute Gasteiger partial charge is 0.337 e. The molecule has 1 heterocycles. The van der Waals surface area contributed by atoms with Crippen molar-refractivity contribution in [1.29, 1.82) is 0 Å². The van der Waals surface area contributed by atoms with Crippen LogP contribution in [0.5, 0.6) is 5.75 Å². The van der Waals surface area contributed by atoms with Crippen molar-refractivity contribution in [2.45, 2.75) is 55.8 Å². The second-order valence-electron chi connectivity index (χ2n) is 8.52. The number of fused-ring (bicyclic) bond motifs is 1. The third-order valence-corrected chi connectivity index (χ3v) is 8.01. The summed E-state index contributed by atoms with van der Waals surface area (Å²) in [7, 11) is -4.33. The number of ether oxygens (including phenoxy) is 3. The van der Waals surface area contributed by atoms with Gasteiger partial charge in [0.1, 0.15) is 18.5 Å². The fourth-order valence-corrected chi connectivity index (χ4v) is 6.15. The molecule has 2 aliphatic carbocycles. The van der Waals surface area contributed by atoms with Gasteiger partial charge in [-0.05, 0) is 49.4 Å². The first-order valence-electron chi connectivity index (χ1n) is 10.4. The number of benzene rings is 1.